The standard InChI is InChI=1S/C16H24N2S2/c1-16(2,3)15-6-5-14(20-15)13(9-17)18(4)10-12-7-8-19-11-12/h5-8,11,13H,9-10,17H2,1-4H3. The first-order valence-corrected chi connectivity index (χ1v) is 8.69. The van der Waals surface area contributed by atoms with Gasteiger partial charge in [0, 0.05) is 22.8 Å². The summed E-state index contributed by atoms with van der Waals surface area (Å²) in [7, 11) is 2.16. The monoisotopic (exact) mass is 308 g/mol. The first-order valence-electron chi connectivity index (χ1n) is 6.93. The molecule has 2 nitrogen and oxygen atoms in total. The lowest BCUT2D eigenvalue weighted by Crippen LogP contribution is -2.29. The Morgan fingerprint density at radius 3 is 2.50 bits per heavy atom. The molecule has 2 heterocycles. The van der Waals surface area contributed by atoms with Crippen LogP contribution < -0.4 is 5.73 Å². The molecule has 0 aliphatic heterocycles. The SMILES string of the molecule is CN(Cc1ccsc1)C(CN)c1ccc(C(C)(C)C)s1. The predicted molar refractivity (Wildman–Crippen MR) is 90.6 cm³/mol. The van der Waals surface area contributed by atoms with E-state index in [1.807, 2.05) is 11.3 Å². The average molecular weight is 309 g/mol. The molecule has 0 radical (unpaired) electrons. The van der Waals surface area contributed by atoms with Crippen LogP contribution in [0.3, 0.4) is 0 Å². The van der Waals surface area contributed by atoms with Gasteiger partial charge in [-0.25, -0.2) is 0 Å². The van der Waals surface area contributed by atoms with Crippen molar-refractivity contribution < 1.29 is 0 Å². The second-order valence-corrected chi connectivity index (χ2v) is 8.15. The van der Waals surface area contributed by atoms with Crippen molar-refractivity contribution in [3.05, 3.63) is 44.3 Å². The summed E-state index contributed by atoms with van der Waals surface area (Å²) in [5.41, 5.74) is 7.60. The molecule has 0 aromatic carbocycles. The Morgan fingerprint density at radius 1 is 1.25 bits per heavy atom. The van der Waals surface area contributed by atoms with Crippen LogP contribution in [0.1, 0.15) is 42.1 Å². The third-order valence-electron chi connectivity index (χ3n) is 3.46. The smallest absolute Gasteiger partial charge is 0.0564 e. The van der Waals surface area contributed by atoms with Gasteiger partial charge in [0.15, 0.2) is 0 Å². The molecule has 0 bridgehead atoms. The van der Waals surface area contributed by atoms with Gasteiger partial charge < -0.3 is 5.73 Å². The fourth-order valence-corrected chi connectivity index (χ4v) is 4.13. The lowest BCUT2D eigenvalue weighted by atomic mass is 9.95. The van der Waals surface area contributed by atoms with Gasteiger partial charge in [-0.1, -0.05) is 20.8 Å². The first kappa shape index (κ1) is 15.7. The Morgan fingerprint density at radius 2 is 2.00 bits per heavy atom. The number of likely N-dealkylation sites (N-methyl/N-ethyl adjacent to an activating group) is 1. The van der Waals surface area contributed by atoms with Gasteiger partial charge in [0.1, 0.15) is 0 Å². The van der Waals surface area contributed by atoms with E-state index < -0.39 is 0 Å². The third-order valence-corrected chi connectivity index (χ3v) is 5.81. The molecule has 2 aromatic heterocycles. The number of nitrogens with zero attached hydrogens (tertiary/aromatic N) is 1. The minimum Gasteiger partial charge on any atom is -0.329 e. The van der Waals surface area contributed by atoms with Crippen molar-refractivity contribution in [2.75, 3.05) is 13.6 Å². The molecular formula is C16H24N2S2. The van der Waals surface area contributed by atoms with Gasteiger partial charge in [-0.15, -0.1) is 11.3 Å². The Kier molecular flexibility index (Phi) is 5.02. The summed E-state index contributed by atoms with van der Waals surface area (Å²) in [6, 6.07) is 6.98. The van der Waals surface area contributed by atoms with Gasteiger partial charge >= 0.3 is 0 Å². The van der Waals surface area contributed by atoms with Crippen LogP contribution in [0, 0.1) is 0 Å². The van der Waals surface area contributed by atoms with E-state index in [2.05, 4.69) is 61.7 Å². The van der Waals surface area contributed by atoms with E-state index in [9.17, 15) is 0 Å². The molecule has 1 atom stereocenters. The molecule has 2 N–H and O–H groups in total. The lowest BCUT2D eigenvalue weighted by Gasteiger charge is -2.26. The molecule has 0 saturated carbocycles. The van der Waals surface area contributed by atoms with E-state index in [4.69, 9.17) is 5.73 Å². The van der Waals surface area contributed by atoms with Crippen molar-refractivity contribution in [2.45, 2.75) is 38.8 Å². The van der Waals surface area contributed by atoms with Gasteiger partial charge in [-0.2, -0.15) is 11.3 Å². The highest BCUT2D eigenvalue weighted by molar-refractivity contribution is 7.12. The van der Waals surface area contributed by atoms with Gasteiger partial charge in [0.2, 0.25) is 0 Å². The highest BCUT2D eigenvalue weighted by atomic mass is 32.1. The fourth-order valence-electron chi connectivity index (χ4n) is 2.23. The number of hydrogen-bond acceptors (Lipinski definition) is 4. The third kappa shape index (κ3) is 3.70. The number of nitrogens with two attached hydrogens (primary N) is 1. The van der Waals surface area contributed by atoms with Crippen LogP contribution in [0.2, 0.25) is 0 Å². The maximum atomic E-state index is 6.02. The van der Waals surface area contributed by atoms with Crippen molar-refractivity contribution >= 4 is 22.7 Å². The summed E-state index contributed by atoms with van der Waals surface area (Å²) in [5.74, 6) is 0. The first-order chi connectivity index (χ1) is 9.41. The van der Waals surface area contributed by atoms with E-state index in [1.165, 1.54) is 15.3 Å². The largest absolute Gasteiger partial charge is 0.329 e. The van der Waals surface area contributed by atoms with Crippen molar-refractivity contribution in [2.24, 2.45) is 5.73 Å². The van der Waals surface area contributed by atoms with Crippen LogP contribution in [0.5, 0.6) is 0 Å². The van der Waals surface area contributed by atoms with Crippen LogP contribution in [-0.2, 0) is 12.0 Å². The molecule has 20 heavy (non-hydrogen) atoms. The maximum absolute atomic E-state index is 6.02. The fraction of sp³-hybridized carbons (Fsp3) is 0.500. The topological polar surface area (TPSA) is 29.3 Å². The van der Waals surface area contributed by atoms with Crippen molar-refractivity contribution in [1.82, 2.24) is 4.90 Å². The summed E-state index contributed by atoms with van der Waals surface area (Å²) in [6.07, 6.45) is 0. The molecule has 2 rings (SSSR count). The van der Waals surface area contributed by atoms with E-state index in [0.717, 1.165) is 6.54 Å². The zero-order valence-corrected chi connectivity index (χ0v) is 14.4. The molecule has 0 spiro atoms. The van der Waals surface area contributed by atoms with Crippen molar-refractivity contribution in [3.63, 3.8) is 0 Å². The quantitative estimate of drug-likeness (QED) is 0.895. The molecule has 0 amide bonds. The van der Waals surface area contributed by atoms with Crippen LogP contribution in [0.25, 0.3) is 0 Å². The average Bonchev–Trinajstić information content (AvgIpc) is 3.00. The summed E-state index contributed by atoms with van der Waals surface area (Å²) in [4.78, 5) is 5.14. The summed E-state index contributed by atoms with van der Waals surface area (Å²) < 4.78 is 0. The molecule has 0 fully saturated rings. The minimum atomic E-state index is 0.216. The van der Waals surface area contributed by atoms with Crippen LogP contribution in [0.15, 0.2) is 29.0 Å². The summed E-state index contributed by atoms with van der Waals surface area (Å²) in [6.45, 7) is 8.39. The Bertz CT molecular complexity index is 523. The molecule has 0 aliphatic carbocycles. The second-order valence-electron chi connectivity index (χ2n) is 6.25. The molecule has 110 valence electrons. The van der Waals surface area contributed by atoms with E-state index >= 15 is 0 Å². The lowest BCUT2D eigenvalue weighted by molar-refractivity contribution is 0.245. The predicted octanol–water partition coefficient (Wildman–Crippen LogP) is 4.24. The van der Waals surface area contributed by atoms with Gasteiger partial charge in [0.05, 0.1) is 6.04 Å². The molecule has 0 saturated heterocycles. The van der Waals surface area contributed by atoms with Gasteiger partial charge in [-0.3, -0.25) is 4.90 Å². The molecular weight excluding hydrogens is 284 g/mol. The van der Waals surface area contributed by atoms with E-state index in [0.29, 0.717) is 12.6 Å². The molecule has 4 heteroatoms. The zero-order chi connectivity index (χ0) is 14.8. The van der Waals surface area contributed by atoms with Gasteiger partial charge in [-0.05, 0) is 47.0 Å². The van der Waals surface area contributed by atoms with Crippen LogP contribution >= 0.6 is 22.7 Å². The normalized spacial score (nSPS) is 13.9. The second kappa shape index (κ2) is 6.39. The maximum Gasteiger partial charge on any atom is 0.0564 e. The highest BCUT2D eigenvalue weighted by Gasteiger charge is 2.21. The molecule has 2 aromatic rings. The van der Waals surface area contributed by atoms with Crippen molar-refractivity contribution in [3.8, 4) is 0 Å². The van der Waals surface area contributed by atoms with E-state index in [-0.39, 0.29) is 5.41 Å². The minimum absolute atomic E-state index is 0.216. The number of rotatable bonds is 5. The van der Waals surface area contributed by atoms with Gasteiger partial charge in [0.25, 0.3) is 0 Å². The Labute approximate surface area is 130 Å². The summed E-state index contributed by atoms with van der Waals surface area (Å²) >= 11 is 3.64. The van der Waals surface area contributed by atoms with Crippen LogP contribution in [0.4, 0.5) is 0 Å². The number of hydrogen-bond donors (Lipinski definition) is 1. The highest BCUT2D eigenvalue weighted by Crippen LogP contribution is 2.34. The van der Waals surface area contributed by atoms with Crippen molar-refractivity contribution in [1.29, 1.82) is 0 Å². The Balaban J connectivity index is 2.13. The molecule has 1 unspecified atom stereocenters. The zero-order valence-electron chi connectivity index (χ0n) is 12.7. The van der Waals surface area contributed by atoms with Crippen LogP contribution in [-0.4, -0.2) is 18.5 Å². The van der Waals surface area contributed by atoms with E-state index in [1.54, 1.807) is 11.3 Å². The molecule has 0 aliphatic rings. The Hall–Kier alpha value is -0.680. The number of thiophene rings is 2. The summed E-state index contributed by atoms with van der Waals surface area (Å²) in [5, 5.41) is 4.34.